The molecule has 2 heterocycles. The summed E-state index contributed by atoms with van der Waals surface area (Å²) in [7, 11) is 1.39. The Hall–Kier alpha value is -2.64. The van der Waals surface area contributed by atoms with Crippen molar-refractivity contribution < 1.29 is 9.53 Å². The van der Waals surface area contributed by atoms with Crippen LogP contribution in [0.4, 0.5) is 0 Å². The number of allylic oxidation sites excluding steroid dienone is 1. The van der Waals surface area contributed by atoms with E-state index in [9.17, 15) is 14.4 Å². The van der Waals surface area contributed by atoms with Crippen LogP contribution in [-0.2, 0) is 21.5 Å². The van der Waals surface area contributed by atoms with Gasteiger partial charge in [0.15, 0.2) is 5.65 Å². The van der Waals surface area contributed by atoms with E-state index in [2.05, 4.69) is 9.97 Å². The third kappa shape index (κ3) is 2.91. The standard InChI is InChI=1S/C20H26N4O4/c1-3-12-24-15-14(16(26)23-18(24)27)21-17(22-15)20-9-6-19(7-10-20,8-11-20)5-4-13(25)28-2/h4-5H,3,6-12H2,1-2H3,(H,21,22)(H,23,26,27)/b5-4+. The van der Waals surface area contributed by atoms with Gasteiger partial charge in [-0.1, -0.05) is 13.0 Å². The summed E-state index contributed by atoms with van der Waals surface area (Å²) in [6.45, 7) is 2.50. The van der Waals surface area contributed by atoms with E-state index in [1.54, 1.807) is 10.6 Å². The monoisotopic (exact) mass is 386 g/mol. The highest BCUT2D eigenvalue weighted by Crippen LogP contribution is 2.57. The fourth-order valence-electron chi connectivity index (χ4n) is 4.86. The van der Waals surface area contributed by atoms with Gasteiger partial charge in [-0.3, -0.25) is 14.3 Å². The van der Waals surface area contributed by atoms with Gasteiger partial charge in [0.1, 0.15) is 11.3 Å². The predicted molar refractivity (Wildman–Crippen MR) is 104 cm³/mol. The number of rotatable bonds is 5. The highest BCUT2D eigenvalue weighted by atomic mass is 16.5. The maximum absolute atomic E-state index is 12.3. The highest BCUT2D eigenvalue weighted by Gasteiger charge is 2.50. The molecule has 150 valence electrons. The van der Waals surface area contributed by atoms with Gasteiger partial charge in [-0.25, -0.2) is 14.6 Å². The zero-order valence-corrected chi connectivity index (χ0v) is 16.3. The zero-order chi connectivity index (χ0) is 19.9. The Kier molecular flexibility index (Phi) is 4.51. The fraction of sp³-hybridized carbons (Fsp3) is 0.600. The number of aromatic nitrogens is 4. The van der Waals surface area contributed by atoms with E-state index in [1.165, 1.54) is 7.11 Å². The topological polar surface area (TPSA) is 110 Å². The molecular formula is C20H26N4O4. The van der Waals surface area contributed by atoms with E-state index in [0.29, 0.717) is 17.7 Å². The second-order valence-corrected chi connectivity index (χ2v) is 8.19. The molecule has 8 heteroatoms. The van der Waals surface area contributed by atoms with Crippen molar-refractivity contribution in [1.29, 1.82) is 0 Å². The number of imidazole rings is 1. The van der Waals surface area contributed by atoms with Crippen molar-refractivity contribution in [1.82, 2.24) is 19.5 Å². The van der Waals surface area contributed by atoms with Crippen LogP contribution in [0.3, 0.4) is 0 Å². The lowest BCUT2D eigenvalue weighted by Crippen LogP contribution is -2.44. The minimum absolute atomic E-state index is 0.0454. The number of hydrogen-bond donors (Lipinski definition) is 2. The summed E-state index contributed by atoms with van der Waals surface area (Å²) in [5.41, 5.74) is -0.0413. The van der Waals surface area contributed by atoms with Crippen LogP contribution >= 0.6 is 0 Å². The summed E-state index contributed by atoms with van der Waals surface area (Å²) in [5, 5.41) is 0. The Morgan fingerprint density at radius 1 is 1.18 bits per heavy atom. The largest absolute Gasteiger partial charge is 0.466 e. The van der Waals surface area contributed by atoms with Crippen molar-refractivity contribution in [3.8, 4) is 0 Å². The van der Waals surface area contributed by atoms with Crippen molar-refractivity contribution in [2.75, 3.05) is 7.11 Å². The molecule has 3 fully saturated rings. The maximum Gasteiger partial charge on any atom is 0.330 e. The number of aromatic amines is 2. The molecule has 3 saturated carbocycles. The van der Waals surface area contributed by atoms with Gasteiger partial charge in [0, 0.05) is 18.0 Å². The van der Waals surface area contributed by atoms with Gasteiger partial charge in [0.25, 0.3) is 5.56 Å². The molecule has 0 aliphatic heterocycles. The third-order valence-electron chi connectivity index (χ3n) is 6.66. The molecular weight excluding hydrogens is 360 g/mol. The average Bonchev–Trinajstić information content (AvgIpc) is 3.17. The number of esters is 1. The molecule has 0 radical (unpaired) electrons. The number of nitrogens with zero attached hydrogens (tertiary/aromatic N) is 2. The Bertz CT molecular complexity index is 1030. The summed E-state index contributed by atoms with van der Waals surface area (Å²) >= 11 is 0. The first-order valence-electron chi connectivity index (χ1n) is 9.92. The van der Waals surface area contributed by atoms with Crippen LogP contribution in [0.1, 0.15) is 57.7 Å². The summed E-state index contributed by atoms with van der Waals surface area (Å²) in [6, 6.07) is 0. The van der Waals surface area contributed by atoms with Crippen LogP contribution in [0.25, 0.3) is 11.2 Å². The summed E-state index contributed by atoms with van der Waals surface area (Å²) in [6.07, 6.45) is 10.1. The highest BCUT2D eigenvalue weighted by molar-refractivity contribution is 5.81. The molecule has 8 nitrogen and oxygen atoms in total. The van der Waals surface area contributed by atoms with Crippen molar-refractivity contribution in [3.63, 3.8) is 0 Å². The second kappa shape index (κ2) is 6.76. The molecule has 0 saturated heterocycles. The minimum atomic E-state index is -0.413. The van der Waals surface area contributed by atoms with E-state index in [4.69, 9.17) is 9.72 Å². The number of carbonyl (C=O) groups excluding carboxylic acids is 1. The van der Waals surface area contributed by atoms with Crippen LogP contribution < -0.4 is 11.2 Å². The molecule has 2 N–H and O–H groups in total. The number of hydrogen-bond acceptors (Lipinski definition) is 5. The number of nitrogens with one attached hydrogen (secondary N) is 2. The Morgan fingerprint density at radius 3 is 2.46 bits per heavy atom. The molecule has 3 aliphatic rings. The Labute approximate surface area is 162 Å². The van der Waals surface area contributed by atoms with Crippen LogP contribution in [0, 0.1) is 5.41 Å². The van der Waals surface area contributed by atoms with Gasteiger partial charge in [0.2, 0.25) is 0 Å². The SMILES string of the molecule is CCCn1c(=O)[nH]c(=O)c2[nH]c(C34CCC(/C=C/C(=O)OC)(CC3)CC4)nc21. The van der Waals surface area contributed by atoms with E-state index in [0.717, 1.165) is 50.8 Å². The van der Waals surface area contributed by atoms with Gasteiger partial charge in [-0.15, -0.1) is 0 Å². The third-order valence-corrected chi connectivity index (χ3v) is 6.66. The molecule has 5 rings (SSSR count). The Balaban J connectivity index is 1.67. The number of H-pyrrole nitrogens is 2. The molecule has 0 aromatic carbocycles. The lowest BCUT2D eigenvalue weighted by Gasteiger charge is -2.51. The number of carbonyl (C=O) groups is 1. The number of ether oxygens (including phenoxy) is 1. The molecule has 3 aliphatic carbocycles. The van der Waals surface area contributed by atoms with Gasteiger partial charge in [0.05, 0.1) is 7.11 Å². The lowest BCUT2D eigenvalue weighted by molar-refractivity contribution is -0.134. The van der Waals surface area contributed by atoms with Gasteiger partial charge < -0.3 is 9.72 Å². The summed E-state index contributed by atoms with van der Waals surface area (Å²) in [4.78, 5) is 46.3. The smallest absolute Gasteiger partial charge is 0.330 e. The number of fused-ring (bicyclic) bond motifs is 4. The van der Waals surface area contributed by atoms with E-state index < -0.39 is 11.2 Å². The molecule has 0 unspecified atom stereocenters. The first-order valence-corrected chi connectivity index (χ1v) is 9.92. The lowest BCUT2D eigenvalue weighted by atomic mass is 9.53. The van der Waals surface area contributed by atoms with Crippen LogP contribution in [0.15, 0.2) is 21.7 Å². The van der Waals surface area contributed by atoms with Crippen LogP contribution in [0.2, 0.25) is 0 Å². The first kappa shape index (κ1) is 18.7. The minimum Gasteiger partial charge on any atom is -0.466 e. The van der Waals surface area contributed by atoms with E-state index in [1.807, 2.05) is 13.0 Å². The predicted octanol–water partition coefficient (Wildman–Crippen LogP) is 2.14. The van der Waals surface area contributed by atoms with Gasteiger partial charge in [-0.2, -0.15) is 0 Å². The molecule has 2 aromatic heterocycles. The molecule has 0 atom stereocenters. The van der Waals surface area contributed by atoms with Gasteiger partial charge >= 0.3 is 11.7 Å². The van der Waals surface area contributed by atoms with E-state index in [-0.39, 0.29) is 16.8 Å². The first-order chi connectivity index (χ1) is 13.4. The normalized spacial score (nSPS) is 26.9. The van der Waals surface area contributed by atoms with Crippen molar-refractivity contribution in [2.24, 2.45) is 5.41 Å². The van der Waals surface area contributed by atoms with Crippen LogP contribution in [0.5, 0.6) is 0 Å². The van der Waals surface area contributed by atoms with Crippen molar-refractivity contribution in [3.05, 3.63) is 38.8 Å². The van der Waals surface area contributed by atoms with Crippen molar-refractivity contribution >= 4 is 17.1 Å². The number of aryl methyl sites for hydroxylation is 1. The zero-order valence-electron chi connectivity index (χ0n) is 16.3. The molecule has 0 spiro atoms. The quantitative estimate of drug-likeness (QED) is 0.604. The molecule has 0 amide bonds. The molecule has 28 heavy (non-hydrogen) atoms. The Morgan fingerprint density at radius 2 is 1.86 bits per heavy atom. The van der Waals surface area contributed by atoms with Gasteiger partial charge in [-0.05, 0) is 50.4 Å². The fourth-order valence-corrected chi connectivity index (χ4v) is 4.86. The molecule has 2 aromatic rings. The molecule has 2 bridgehead atoms. The average molecular weight is 386 g/mol. The second-order valence-electron chi connectivity index (χ2n) is 8.19. The summed E-state index contributed by atoms with van der Waals surface area (Å²) < 4.78 is 6.26. The number of methoxy groups -OCH3 is 1. The van der Waals surface area contributed by atoms with Crippen molar-refractivity contribution in [2.45, 2.75) is 63.8 Å². The van der Waals surface area contributed by atoms with E-state index >= 15 is 0 Å². The summed E-state index contributed by atoms with van der Waals surface area (Å²) in [5.74, 6) is 0.496. The van der Waals surface area contributed by atoms with Crippen LogP contribution in [-0.4, -0.2) is 32.6 Å². The maximum atomic E-state index is 12.3.